The van der Waals surface area contributed by atoms with E-state index in [2.05, 4.69) is 15.6 Å². The van der Waals surface area contributed by atoms with Crippen LogP contribution in [0, 0.1) is 0 Å². The first-order chi connectivity index (χ1) is 13.1. The summed E-state index contributed by atoms with van der Waals surface area (Å²) < 4.78 is 0. The van der Waals surface area contributed by atoms with Crippen molar-refractivity contribution in [3.8, 4) is 0 Å². The first kappa shape index (κ1) is 18.1. The molecule has 1 aromatic rings. The standard InChI is InChI=1S/C18H23N5O3S/c24-14-3-4-18(20-16-13(17(26)21-18)2-1-6-19-16)5-7-23(14)12-15(25)22-8-10-27-11-9-22/h1-2,6H,3-5,7-12H2,(H,19,20)(H,21,26). The fourth-order valence-corrected chi connectivity index (χ4v) is 4.68. The van der Waals surface area contributed by atoms with Crippen LogP contribution in [-0.2, 0) is 9.59 Å². The van der Waals surface area contributed by atoms with Gasteiger partial charge in [0.05, 0.1) is 12.1 Å². The maximum atomic E-state index is 12.6. The fourth-order valence-electron chi connectivity index (χ4n) is 3.78. The smallest absolute Gasteiger partial charge is 0.256 e. The Morgan fingerprint density at radius 2 is 2.00 bits per heavy atom. The third-order valence-corrected chi connectivity index (χ3v) is 6.32. The second-order valence-electron chi connectivity index (χ2n) is 7.12. The van der Waals surface area contributed by atoms with Crippen molar-refractivity contribution in [2.75, 3.05) is 43.0 Å². The van der Waals surface area contributed by atoms with E-state index in [1.165, 1.54) is 0 Å². The van der Waals surface area contributed by atoms with Gasteiger partial charge in [-0.05, 0) is 18.6 Å². The number of nitrogens with zero attached hydrogens (tertiary/aromatic N) is 3. The lowest BCUT2D eigenvalue weighted by molar-refractivity contribution is -0.140. The van der Waals surface area contributed by atoms with Crippen molar-refractivity contribution in [1.82, 2.24) is 20.1 Å². The first-order valence-electron chi connectivity index (χ1n) is 9.25. The lowest BCUT2D eigenvalue weighted by Gasteiger charge is -2.39. The van der Waals surface area contributed by atoms with Crippen LogP contribution in [0.2, 0.25) is 0 Å². The van der Waals surface area contributed by atoms with E-state index in [0.717, 1.165) is 24.6 Å². The highest BCUT2D eigenvalue weighted by molar-refractivity contribution is 7.99. The van der Waals surface area contributed by atoms with Gasteiger partial charge in [-0.25, -0.2) is 4.98 Å². The highest BCUT2D eigenvalue weighted by Crippen LogP contribution is 2.30. The minimum atomic E-state index is -0.701. The van der Waals surface area contributed by atoms with Gasteiger partial charge in [-0.1, -0.05) is 0 Å². The number of thioether (sulfide) groups is 1. The van der Waals surface area contributed by atoms with E-state index in [1.807, 2.05) is 16.7 Å². The second kappa shape index (κ2) is 7.38. The van der Waals surface area contributed by atoms with Crippen LogP contribution in [0.1, 0.15) is 29.6 Å². The van der Waals surface area contributed by atoms with E-state index in [4.69, 9.17) is 0 Å². The van der Waals surface area contributed by atoms with Gasteiger partial charge in [0.25, 0.3) is 5.91 Å². The van der Waals surface area contributed by atoms with Gasteiger partial charge in [0.2, 0.25) is 11.8 Å². The summed E-state index contributed by atoms with van der Waals surface area (Å²) in [6, 6.07) is 3.45. The van der Waals surface area contributed by atoms with Crippen LogP contribution < -0.4 is 10.6 Å². The molecule has 0 bridgehead atoms. The minimum Gasteiger partial charge on any atom is -0.347 e. The zero-order valence-electron chi connectivity index (χ0n) is 15.1. The summed E-state index contributed by atoms with van der Waals surface area (Å²) in [4.78, 5) is 45.3. The molecule has 3 aliphatic heterocycles. The van der Waals surface area contributed by atoms with Gasteiger partial charge in [0.1, 0.15) is 11.5 Å². The number of carbonyl (C=O) groups excluding carboxylic acids is 3. The highest BCUT2D eigenvalue weighted by Gasteiger charge is 2.41. The summed E-state index contributed by atoms with van der Waals surface area (Å²) in [6.45, 7) is 2.02. The third-order valence-electron chi connectivity index (χ3n) is 5.38. The summed E-state index contributed by atoms with van der Waals surface area (Å²) in [7, 11) is 0. The van der Waals surface area contributed by atoms with Gasteiger partial charge >= 0.3 is 0 Å². The SMILES string of the molecule is O=C1NC2(CCC(=O)N(CC(=O)N3CCSCC3)CC2)Nc2ncccc21. The third kappa shape index (κ3) is 3.73. The summed E-state index contributed by atoms with van der Waals surface area (Å²) in [5.74, 6) is 2.22. The molecule has 1 atom stereocenters. The highest BCUT2D eigenvalue weighted by atomic mass is 32.2. The number of rotatable bonds is 2. The first-order valence-corrected chi connectivity index (χ1v) is 10.4. The molecule has 9 heteroatoms. The van der Waals surface area contributed by atoms with Crippen LogP contribution in [0.5, 0.6) is 0 Å². The Bertz CT molecular complexity index is 767. The Morgan fingerprint density at radius 1 is 1.19 bits per heavy atom. The van der Waals surface area contributed by atoms with Gasteiger partial charge in [0, 0.05) is 50.2 Å². The number of amides is 3. The van der Waals surface area contributed by atoms with E-state index in [0.29, 0.717) is 30.8 Å². The molecule has 1 aromatic heterocycles. The normalized spacial score (nSPS) is 25.5. The molecule has 2 fully saturated rings. The summed E-state index contributed by atoms with van der Waals surface area (Å²) >= 11 is 1.85. The number of pyridine rings is 1. The molecule has 4 rings (SSSR count). The number of hydrogen-bond acceptors (Lipinski definition) is 6. The summed E-state index contributed by atoms with van der Waals surface area (Å²) in [6.07, 6.45) is 2.92. The monoisotopic (exact) mass is 389 g/mol. The molecular weight excluding hydrogens is 366 g/mol. The van der Waals surface area contributed by atoms with Crippen molar-refractivity contribution in [1.29, 1.82) is 0 Å². The topological polar surface area (TPSA) is 94.6 Å². The number of aromatic nitrogens is 1. The minimum absolute atomic E-state index is 0.00671. The van der Waals surface area contributed by atoms with Crippen molar-refractivity contribution >= 4 is 35.3 Å². The Hall–Kier alpha value is -2.29. The van der Waals surface area contributed by atoms with Crippen molar-refractivity contribution in [3.05, 3.63) is 23.9 Å². The number of carbonyl (C=O) groups is 3. The summed E-state index contributed by atoms with van der Waals surface area (Å²) in [5.41, 5.74) is -0.193. The fraction of sp³-hybridized carbons (Fsp3) is 0.556. The average Bonchev–Trinajstić information content (AvgIpc) is 2.83. The molecule has 0 saturated carbocycles. The van der Waals surface area contributed by atoms with Gasteiger partial charge in [0.15, 0.2) is 0 Å². The van der Waals surface area contributed by atoms with Crippen molar-refractivity contribution < 1.29 is 14.4 Å². The van der Waals surface area contributed by atoms with E-state index >= 15 is 0 Å². The molecule has 1 spiro atoms. The lowest BCUT2D eigenvalue weighted by Crippen LogP contribution is -2.58. The summed E-state index contributed by atoms with van der Waals surface area (Å²) in [5, 5.41) is 6.34. The van der Waals surface area contributed by atoms with Gasteiger partial charge in [-0.2, -0.15) is 11.8 Å². The van der Waals surface area contributed by atoms with E-state index in [-0.39, 0.29) is 30.7 Å². The number of anilines is 1. The number of likely N-dealkylation sites (tertiary alicyclic amines) is 1. The molecular formula is C18H23N5O3S. The zero-order valence-corrected chi connectivity index (χ0v) is 15.9. The predicted molar refractivity (Wildman–Crippen MR) is 102 cm³/mol. The van der Waals surface area contributed by atoms with Crippen LogP contribution in [0.15, 0.2) is 18.3 Å². The van der Waals surface area contributed by atoms with Crippen molar-refractivity contribution in [2.24, 2.45) is 0 Å². The van der Waals surface area contributed by atoms with Gasteiger partial charge in [-0.15, -0.1) is 0 Å². The Balaban J connectivity index is 1.44. The molecule has 2 N–H and O–H groups in total. The molecule has 0 aliphatic carbocycles. The number of fused-ring (bicyclic) bond motifs is 1. The largest absolute Gasteiger partial charge is 0.347 e. The molecule has 27 heavy (non-hydrogen) atoms. The predicted octanol–water partition coefficient (Wildman–Crippen LogP) is 0.521. The van der Waals surface area contributed by atoms with E-state index < -0.39 is 5.66 Å². The van der Waals surface area contributed by atoms with Crippen LogP contribution in [-0.4, -0.2) is 75.9 Å². The van der Waals surface area contributed by atoms with Gasteiger partial charge < -0.3 is 20.4 Å². The Kier molecular flexibility index (Phi) is 4.94. The second-order valence-corrected chi connectivity index (χ2v) is 8.34. The molecule has 0 radical (unpaired) electrons. The molecule has 3 aliphatic rings. The number of nitrogens with one attached hydrogen (secondary N) is 2. The molecule has 144 valence electrons. The zero-order chi connectivity index (χ0) is 18.9. The van der Waals surface area contributed by atoms with Crippen LogP contribution in [0.3, 0.4) is 0 Å². The Morgan fingerprint density at radius 3 is 2.81 bits per heavy atom. The van der Waals surface area contributed by atoms with Crippen LogP contribution >= 0.6 is 11.8 Å². The maximum Gasteiger partial charge on any atom is 0.256 e. The average molecular weight is 389 g/mol. The van der Waals surface area contributed by atoms with E-state index in [9.17, 15) is 14.4 Å². The van der Waals surface area contributed by atoms with Crippen molar-refractivity contribution in [3.63, 3.8) is 0 Å². The molecule has 3 amide bonds. The van der Waals surface area contributed by atoms with Crippen LogP contribution in [0.25, 0.3) is 0 Å². The molecule has 8 nitrogen and oxygen atoms in total. The Labute approximate surface area is 162 Å². The maximum absolute atomic E-state index is 12.6. The van der Waals surface area contributed by atoms with Crippen molar-refractivity contribution in [2.45, 2.75) is 24.9 Å². The quantitative estimate of drug-likeness (QED) is 0.766. The lowest BCUT2D eigenvalue weighted by atomic mass is 9.97. The van der Waals surface area contributed by atoms with Gasteiger partial charge in [-0.3, -0.25) is 14.4 Å². The van der Waals surface area contributed by atoms with Crippen LogP contribution in [0.4, 0.5) is 5.82 Å². The molecule has 4 heterocycles. The molecule has 0 aromatic carbocycles. The molecule has 2 saturated heterocycles. The molecule has 1 unspecified atom stereocenters. The van der Waals surface area contributed by atoms with E-state index in [1.54, 1.807) is 23.2 Å². The number of hydrogen-bond donors (Lipinski definition) is 2.